The first-order chi connectivity index (χ1) is 15.6. The lowest BCUT2D eigenvalue weighted by atomic mass is 10.0. The average molecular weight is 437 g/mol. The predicted molar refractivity (Wildman–Crippen MR) is 121 cm³/mol. The van der Waals surface area contributed by atoms with Crippen molar-refractivity contribution in [1.29, 1.82) is 0 Å². The molecule has 4 rings (SSSR count). The molecular formula is C24H27N3O5. The molecule has 2 amide bonds. The lowest BCUT2D eigenvalue weighted by Crippen LogP contribution is -2.43. The van der Waals surface area contributed by atoms with E-state index in [2.05, 4.69) is 10.2 Å². The first-order valence-electron chi connectivity index (χ1n) is 10.6. The highest BCUT2D eigenvalue weighted by Crippen LogP contribution is 2.35. The van der Waals surface area contributed by atoms with Gasteiger partial charge in [0.2, 0.25) is 0 Å². The quantitative estimate of drug-likeness (QED) is 0.635. The van der Waals surface area contributed by atoms with E-state index in [1.54, 1.807) is 32.4 Å². The molecule has 1 saturated heterocycles. The van der Waals surface area contributed by atoms with E-state index in [4.69, 9.17) is 14.2 Å². The summed E-state index contributed by atoms with van der Waals surface area (Å²) in [4.78, 5) is 30.4. The van der Waals surface area contributed by atoms with Crippen LogP contribution in [0.2, 0.25) is 0 Å². The van der Waals surface area contributed by atoms with Crippen LogP contribution in [-0.2, 0) is 14.3 Å². The third-order valence-corrected chi connectivity index (χ3v) is 5.63. The fourth-order valence-corrected chi connectivity index (χ4v) is 3.91. The second-order valence-corrected chi connectivity index (χ2v) is 7.52. The van der Waals surface area contributed by atoms with Gasteiger partial charge < -0.3 is 19.5 Å². The number of carbonyl (C=O) groups excluding carboxylic acids is 2. The summed E-state index contributed by atoms with van der Waals surface area (Å²) in [5.74, 6) is 0.490. The first-order valence-corrected chi connectivity index (χ1v) is 10.6. The number of hydrogen-bond donors (Lipinski definition) is 1. The highest BCUT2D eigenvalue weighted by Gasteiger charge is 2.40. The Balaban J connectivity index is 1.67. The summed E-state index contributed by atoms with van der Waals surface area (Å²) in [7, 11) is 3.13. The van der Waals surface area contributed by atoms with Crippen LogP contribution in [0.15, 0.2) is 54.2 Å². The van der Waals surface area contributed by atoms with Crippen LogP contribution in [-0.4, -0.2) is 75.2 Å². The second kappa shape index (κ2) is 9.84. The molecule has 0 bridgehead atoms. The third-order valence-electron chi connectivity index (χ3n) is 5.63. The number of hydrogen-bond acceptors (Lipinski definition) is 7. The molecule has 0 spiro atoms. The SMILES string of the molecule is COc1cccc(NC2=C(c3ccccc3OC)C(=O)N(CCN3CCOCC3)C2=O)c1. The molecule has 32 heavy (non-hydrogen) atoms. The van der Waals surface area contributed by atoms with Crippen LogP contribution in [0, 0.1) is 0 Å². The van der Waals surface area contributed by atoms with Crippen LogP contribution in [0.3, 0.4) is 0 Å². The third kappa shape index (κ3) is 4.46. The van der Waals surface area contributed by atoms with Gasteiger partial charge in [0, 0.05) is 43.5 Å². The van der Waals surface area contributed by atoms with Crippen molar-refractivity contribution in [3.63, 3.8) is 0 Å². The molecule has 2 aliphatic heterocycles. The van der Waals surface area contributed by atoms with Gasteiger partial charge in [0.15, 0.2) is 0 Å². The van der Waals surface area contributed by atoms with Gasteiger partial charge in [-0.2, -0.15) is 0 Å². The van der Waals surface area contributed by atoms with Crippen molar-refractivity contribution >= 4 is 23.1 Å². The summed E-state index contributed by atoms with van der Waals surface area (Å²) in [6.45, 7) is 3.81. The number of methoxy groups -OCH3 is 2. The van der Waals surface area contributed by atoms with Crippen LogP contribution in [0.1, 0.15) is 5.56 Å². The van der Waals surface area contributed by atoms with E-state index >= 15 is 0 Å². The average Bonchev–Trinajstić information content (AvgIpc) is 3.07. The molecular weight excluding hydrogens is 410 g/mol. The normalized spacial score (nSPS) is 17.1. The monoisotopic (exact) mass is 437 g/mol. The Bertz CT molecular complexity index is 1030. The van der Waals surface area contributed by atoms with Crippen LogP contribution >= 0.6 is 0 Å². The number of rotatable bonds is 8. The summed E-state index contributed by atoms with van der Waals surface area (Å²) >= 11 is 0. The zero-order valence-corrected chi connectivity index (χ0v) is 18.3. The number of amides is 2. The Morgan fingerprint density at radius 1 is 0.938 bits per heavy atom. The minimum absolute atomic E-state index is 0.231. The van der Waals surface area contributed by atoms with Gasteiger partial charge in [-0.3, -0.25) is 19.4 Å². The Kier molecular flexibility index (Phi) is 6.72. The summed E-state index contributed by atoms with van der Waals surface area (Å²) in [6, 6.07) is 14.5. The van der Waals surface area contributed by atoms with Crippen molar-refractivity contribution in [2.75, 3.05) is 58.9 Å². The van der Waals surface area contributed by atoms with E-state index in [9.17, 15) is 9.59 Å². The number of ether oxygens (including phenoxy) is 3. The molecule has 0 atom stereocenters. The second-order valence-electron chi connectivity index (χ2n) is 7.52. The lowest BCUT2D eigenvalue weighted by Gasteiger charge is -2.28. The van der Waals surface area contributed by atoms with E-state index in [1.165, 1.54) is 4.90 Å². The standard InChI is InChI=1S/C24H27N3O5/c1-30-18-7-5-6-17(16-18)25-22-21(19-8-3-4-9-20(19)31-2)23(28)27(24(22)29)11-10-26-12-14-32-15-13-26/h3-9,16,25H,10-15H2,1-2H3. The van der Waals surface area contributed by atoms with E-state index in [-0.39, 0.29) is 17.5 Å². The molecule has 0 aromatic heterocycles. The number of nitrogens with zero attached hydrogens (tertiary/aromatic N) is 2. The van der Waals surface area contributed by atoms with Crippen molar-refractivity contribution in [1.82, 2.24) is 9.80 Å². The lowest BCUT2D eigenvalue weighted by molar-refractivity contribution is -0.137. The van der Waals surface area contributed by atoms with Crippen molar-refractivity contribution < 1.29 is 23.8 Å². The van der Waals surface area contributed by atoms with Gasteiger partial charge in [-0.1, -0.05) is 24.3 Å². The maximum absolute atomic E-state index is 13.5. The molecule has 2 aliphatic rings. The zero-order chi connectivity index (χ0) is 22.5. The summed E-state index contributed by atoms with van der Waals surface area (Å²) < 4.78 is 16.2. The Hall–Kier alpha value is -3.36. The molecule has 2 heterocycles. The minimum atomic E-state index is -0.355. The zero-order valence-electron chi connectivity index (χ0n) is 18.3. The smallest absolute Gasteiger partial charge is 0.278 e. The molecule has 8 heteroatoms. The molecule has 168 valence electrons. The highest BCUT2D eigenvalue weighted by molar-refractivity contribution is 6.37. The van der Waals surface area contributed by atoms with Crippen molar-refractivity contribution in [3.8, 4) is 11.5 Å². The topological polar surface area (TPSA) is 80.3 Å². The molecule has 2 aromatic rings. The maximum Gasteiger partial charge on any atom is 0.278 e. The Morgan fingerprint density at radius 3 is 2.47 bits per heavy atom. The van der Waals surface area contributed by atoms with E-state index in [0.717, 1.165) is 13.1 Å². The number of benzene rings is 2. The number of morpholine rings is 1. The minimum Gasteiger partial charge on any atom is -0.497 e. The molecule has 1 fully saturated rings. The van der Waals surface area contributed by atoms with Gasteiger partial charge in [-0.15, -0.1) is 0 Å². The Morgan fingerprint density at radius 2 is 1.72 bits per heavy atom. The summed E-state index contributed by atoms with van der Waals surface area (Å²) in [5, 5.41) is 3.16. The fraction of sp³-hybridized carbons (Fsp3) is 0.333. The first kappa shape index (κ1) is 21.9. The van der Waals surface area contributed by atoms with Gasteiger partial charge in [0.25, 0.3) is 11.8 Å². The van der Waals surface area contributed by atoms with Gasteiger partial charge in [0.05, 0.1) is 33.0 Å². The summed E-state index contributed by atoms with van der Waals surface area (Å²) in [6.07, 6.45) is 0. The van der Waals surface area contributed by atoms with Crippen molar-refractivity contribution in [3.05, 3.63) is 59.8 Å². The largest absolute Gasteiger partial charge is 0.497 e. The number of nitrogens with one attached hydrogen (secondary N) is 1. The fourth-order valence-electron chi connectivity index (χ4n) is 3.91. The molecule has 0 radical (unpaired) electrons. The van der Waals surface area contributed by atoms with Crippen LogP contribution in [0.5, 0.6) is 11.5 Å². The van der Waals surface area contributed by atoms with E-state index in [1.807, 2.05) is 30.3 Å². The number of para-hydroxylation sites is 1. The molecule has 8 nitrogen and oxygen atoms in total. The molecule has 0 saturated carbocycles. The van der Waals surface area contributed by atoms with E-state index in [0.29, 0.717) is 54.6 Å². The Labute approximate surface area is 187 Å². The molecule has 0 unspecified atom stereocenters. The summed E-state index contributed by atoms with van der Waals surface area (Å²) in [5.41, 5.74) is 1.77. The predicted octanol–water partition coefficient (Wildman–Crippen LogP) is 2.23. The van der Waals surface area contributed by atoms with Gasteiger partial charge >= 0.3 is 0 Å². The van der Waals surface area contributed by atoms with E-state index < -0.39 is 0 Å². The van der Waals surface area contributed by atoms with Crippen molar-refractivity contribution in [2.24, 2.45) is 0 Å². The van der Waals surface area contributed by atoms with Gasteiger partial charge in [-0.05, 0) is 18.2 Å². The molecule has 0 aliphatic carbocycles. The van der Waals surface area contributed by atoms with Gasteiger partial charge in [-0.25, -0.2) is 0 Å². The van der Waals surface area contributed by atoms with Crippen LogP contribution < -0.4 is 14.8 Å². The number of carbonyl (C=O) groups is 2. The van der Waals surface area contributed by atoms with Crippen LogP contribution in [0.25, 0.3) is 5.57 Å². The van der Waals surface area contributed by atoms with Crippen molar-refractivity contribution in [2.45, 2.75) is 0 Å². The molecule has 2 aromatic carbocycles. The highest BCUT2D eigenvalue weighted by atomic mass is 16.5. The molecule has 1 N–H and O–H groups in total. The van der Waals surface area contributed by atoms with Crippen LogP contribution in [0.4, 0.5) is 5.69 Å². The maximum atomic E-state index is 13.5. The number of imide groups is 1. The van der Waals surface area contributed by atoms with Gasteiger partial charge in [0.1, 0.15) is 17.2 Å². The number of anilines is 1.